The van der Waals surface area contributed by atoms with E-state index >= 15 is 0 Å². The average molecular weight is 633 g/mol. The first-order valence-corrected chi connectivity index (χ1v) is 16.2. The van der Waals surface area contributed by atoms with E-state index < -0.39 is 40.4 Å². The van der Waals surface area contributed by atoms with Crippen LogP contribution in [0.3, 0.4) is 0 Å². The third-order valence-corrected chi connectivity index (χ3v) is 7.66. The molecule has 0 saturated heterocycles. The van der Waals surface area contributed by atoms with Crippen molar-refractivity contribution in [2.24, 2.45) is 0 Å². The van der Waals surface area contributed by atoms with Crippen molar-refractivity contribution in [2.45, 2.75) is 127 Å². The summed E-state index contributed by atoms with van der Waals surface area (Å²) in [4.78, 5) is 54.8. The van der Waals surface area contributed by atoms with Crippen LogP contribution in [0.4, 0.5) is 0 Å². The number of aryl methyl sites for hydroxylation is 2. The van der Waals surface area contributed by atoms with Crippen LogP contribution < -0.4 is 11.2 Å². The fraction of sp³-hybridized carbons (Fsp3) is 0.588. The molecule has 1 unspecified atom stereocenters. The highest BCUT2D eigenvalue weighted by atomic mass is 32.1. The number of nitrogens with zero attached hydrogens (tertiary/aromatic N) is 2. The number of thiophene rings is 1. The average Bonchev–Trinajstić information content (AvgIpc) is 3.29. The van der Waals surface area contributed by atoms with Gasteiger partial charge in [0.25, 0.3) is 5.56 Å². The molecule has 1 aromatic carbocycles. The Morgan fingerprint density at radius 1 is 0.932 bits per heavy atom. The van der Waals surface area contributed by atoms with Crippen molar-refractivity contribution >= 4 is 33.5 Å². The maximum Gasteiger partial charge on any atom is 0.348 e. The van der Waals surface area contributed by atoms with Gasteiger partial charge in [0.2, 0.25) is 0 Å². The number of rotatable bonds is 9. The van der Waals surface area contributed by atoms with Crippen molar-refractivity contribution in [3.05, 3.63) is 66.7 Å². The maximum atomic E-state index is 14.2. The van der Waals surface area contributed by atoms with E-state index in [1.807, 2.05) is 72.7 Å². The highest BCUT2D eigenvalue weighted by molar-refractivity contribution is 7.20. The summed E-state index contributed by atoms with van der Waals surface area (Å²) in [6.45, 7) is 25.5. The van der Waals surface area contributed by atoms with E-state index in [4.69, 9.17) is 14.2 Å². The first kappa shape index (κ1) is 38.8. The molecular formula is C34H52N2O7S. The topological polar surface area (TPSA) is 106 Å². The van der Waals surface area contributed by atoms with Crippen molar-refractivity contribution in [1.82, 2.24) is 9.13 Å². The van der Waals surface area contributed by atoms with E-state index in [0.29, 0.717) is 10.4 Å². The van der Waals surface area contributed by atoms with Crippen molar-refractivity contribution in [1.29, 1.82) is 0 Å². The van der Waals surface area contributed by atoms with Gasteiger partial charge in [0.1, 0.15) is 27.0 Å². The number of hydrogen-bond acceptors (Lipinski definition) is 8. The van der Waals surface area contributed by atoms with Crippen LogP contribution in [0, 0.1) is 13.8 Å². The molecule has 0 aliphatic rings. The quantitative estimate of drug-likeness (QED) is 0.228. The summed E-state index contributed by atoms with van der Waals surface area (Å²) < 4.78 is 19.4. The molecule has 44 heavy (non-hydrogen) atoms. The molecule has 0 N–H and O–H groups in total. The summed E-state index contributed by atoms with van der Waals surface area (Å²) in [6, 6.07) is 7.81. The van der Waals surface area contributed by atoms with Gasteiger partial charge in [0.15, 0.2) is 0 Å². The Kier molecular flexibility index (Phi) is 14.3. The molecule has 2 aromatic heterocycles. The monoisotopic (exact) mass is 632 g/mol. The number of hydrogen-bond donors (Lipinski definition) is 0. The van der Waals surface area contributed by atoms with Crippen LogP contribution in [-0.2, 0) is 31.1 Å². The van der Waals surface area contributed by atoms with Gasteiger partial charge in [-0.3, -0.25) is 9.36 Å². The van der Waals surface area contributed by atoms with Crippen molar-refractivity contribution in [2.75, 3.05) is 6.61 Å². The minimum atomic E-state index is -1.64. The lowest BCUT2D eigenvalue weighted by molar-refractivity contribution is -0.164. The zero-order valence-corrected chi connectivity index (χ0v) is 29.9. The summed E-state index contributed by atoms with van der Waals surface area (Å²) >= 11 is 1.03. The summed E-state index contributed by atoms with van der Waals surface area (Å²) in [5.74, 6) is -1.30. The lowest BCUT2D eigenvalue weighted by Gasteiger charge is -2.30. The molecule has 0 aliphatic heterocycles. The van der Waals surface area contributed by atoms with E-state index in [1.54, 1.807) is 34.6 Å². The number of fused-ring (bicyclic) bond motifs is 1. The number of esters is 2. The maximum absolute atomic E-state index is 14.2. The fourth-order valence-corrected chi connectivity index (χ4v) is 5.58. The lowest BCUT2D eigenvalue weighted by Crippen LogP contribution is -2.54. The fourth-order valence-electron chi connectivity index (χ4n) is 4.39. The van der Waals surface area contributed by atoms with Crippen LogP contribution in [0.1, 0.15) is 116 Å². The van der Waals surface area contributed by atoms with E-state index in [2.05, 4.69) is 0 Å². The molecule has 0 amide bonds. The molecule has 246 valence electrons. The third-order valence-electron chi connectivity index (χ3n) is 6.36. The van der Waals surface area contributed by atoms with Gasteiger partial charge in [-0.05, 0) is 80.4 Å². The van der Waals surface area contributed by atoms with Crippen molar-refractivity contribution in [3.8, 4) is 0 Å². The molecule has 0 spiro atoms. The second-order valence-corrected chi connectivity index (χ2v) is 12.6. The summed E-state index contributed by atoms with van der Waals surface area (Å²) in [5.41, 5.74) is -1.54. The molecule has 0 radical (unpaired) electrons. The van der Waals surface area contributed by atoms with Gasteiger partial charge in [-0.25, -0.2) is 19.0 Å². The third kappa shape index (κ3) is 8.91. The SMILES string of the molecule is CC.CC.CCOC(=O)c1sc2c(c1C)c(=O)n(C(C)(C)C(=O)OC(C)(C)C)c(=O)n2CC(OC(C)C)c1ccc(C)cc1. The first-order chi connectivity index (χ1) is 20.5. The second-order valence-electron chi connectivity index (χ2n) is 11.6. The predicted octanol–water partition coefficient (Wildman–Crippen LogP) is 7.31. The van der Waals surface area contributed by atoms with Crippen LogP contribution >= 0.6 is 11.3 Å². The van der Waals surface area contributed by atoms with Crippen molar-refractivity contribution in [3.63, 3.8) is 0 Å². The van der Waals surface area contributed by atoms with Crippen LogP contribution in [-0.4, -0.2) is 39.4 Å². The van der Waals surface area contributed by atoms with Gasteiger partial charge < -0.3 is 14.2 Å². The number of benzene rings is 1. The predicted molar refractivity (Wildman–Crippen MR) is 179 cm³/mol. The minimum absolute atomic E-state index is 0.0451. The molecular weight excluding hydrogens is 580 g/mol. The minimum Gasteiger partial charge on any atom is -0.462 e. The molecule has 0 bridgehead atoms. The smallest absolute Gasteiger partial charge is 0.348 e. The van der Waals surface area contributed by atoms with Gasteiger partial charge in [-0.15, -0.1) is 11.3 Å². The van der Waals surface area contributed by atoms with Crippen molar-refractivity contribution < 1.29 is 23.8 Å². The highest BCUT2D eigenvalue weighted by Gasteiger charge is 2.39. The molecule has 2 heterocycles. The summed E-state index contributed by atoms with van der Waals surface area (Å²) in [5, 5.41) is 0.177. The van der Waals surface area contributed by atoms with Gasteiger partial charge in [-0.2, -0.15) is 0 Å². The van der Waals surface area contributed by atoms with Gasteiger partial charge >= 0.3 is 17.6 Å². The van der Waals surface area contributed by atoms with Crippen LogP contribution in [0.25, 0.3) is 10.2 Å². The molecule has 0 fully saturated rings. The van der Waals surface area contributed by atoms with Gasteiger partial charge in [0, 0.05) is 0 Å². The summed E-state index contributed by atoms with van der Waals surface area (Å²) in [6.07, 6.45) is -0.715. The number of ether oxygens (including phenoxy) is 3. The van der Waals surface area contributed by atoms with E-state index in [0.717, 1.165) is 27.0 Å². The Labute approximate surface area is 266 Å². The van der Waals surface area contributed by atoms with Crippen LogP contribution in [0.15, 0.2) is 33.9 Å². The first-order valence-electron chi connectivity index (χ1n) is 15.4. The van der Waals surface area contributed by atoms with Crippen LogP contribution in [0.2, 0.25) is 0 Å². The molecule has 3 rings (SSSR count). The zero-order valence-electron chi connectivity index (χ0n) is 29.0. The second kappa shape index (κ2) is 16.2. The Bertz CT molecular complexity index is 1520. The zero-order chi connectivity index (χ0) is 34.2. The molecule has 0 saturated carbocycles. The highest BCUT2D eigenvalue weighted by Crippen LogP contribution is 2.31. The normalized spacial score (nSPS) is 12.2. The Hall–Kier alpha value is -3.24. The molecule has 0 aliphatic carbocycles. The Balaban J connectivity index is 0.00000232. The summed E-state index contributed by atoms with van der Waals surface area (Å²) in [7, 11) is 0. The molecule has 1 atom stereocenters. The Morgan fingerprint density at radius 3 is 1.95 bits per heavy atom. The number of carbonyl (C=O) groups excluding carboxylic acids is 2. The number of aromatic nitrogens is 2. The van der Waals surface area contributed by atoms with E-state index in [9.17, 15) is 19.2 Å². The Morgan fingerprint density at radius 2 is 1.48 bits per heavy atom. The largest absolute Gasteiger partial charge is 0.462 e. The molecule has 10 heteroatoms. The number of carbonyl (C=O) groups is 2. The van der Waals surface area contributed by atoms with E-state index in [-0.39, 0.29) is 29.5 Å². The van der Waals surface area contributed by atoms with E-state index in [1.165, 1.54) is 18.4 Å². The lowest BCUT2D eigenvalue weighted by atomic mass is 10.0. The standard InChI is InChI=1S/C30H40N2O7S.2C2H6/c1-11-37-26(34)23-19(5)22-24(33)32(30(9,10)27(35)39-29(6,7)8)28(36)31(25(22)40-23)16-21(38-17(2)3)20-14-12-18(4)13-15-20;2*1-2/h12-15,17,21H,11,16H2,1-10H3;2*1-2H3. The molecule has 3 aromatic rings. The van der Waals surface area contributed by atoms with Gasteiger partial charge in [-0.1, -0.05) is 57.5 Å². The van der Waals surface area contributed by atoms with Gasteiger partial charge in [0.05, 0.1) is 24.6 Å². The molecule has 9 nitrogen and oxygen atoms in total. The van der Waals surface area contributed by atoms with Crippen LogP contribution in [0.5, 0.6) is 0 Å².